The Bertz CT molecular complexity index is 317. The van der Waals surface area contributed by atoms with Gasteiger partial charge in [0.1, 0.15) is 0 Å². The first-order valence-electron chi connectivity index (χ1n) is 7.18. The fourth-order valence-electron chi connectivity index (χ4n) is 4.87. The van der Waals surface area contributed by atoms with Gasteiger partial charge in [0.15, 0.2) is 0 Å². The van der Waals surface area contributed by atoms with Crippen LogP contribution in [0.4, 0.5) is 0 Å². The Labute approximate surface area is 104 Å². The Hall–Kier alpha value is -0.570. The minimum absolute atomic E-state index is 0.0378. The number of amides is 1. The molecule has 0 aromatic rings. The Morgan fingerprint density at radius 3 is 2.71 bits per heavy atom. The molecule has 0 saturated heterocycles. The van der Waals surface area contributed by atoms with Crippen LogP contribution < -0.4 is 10.6 Å². The topological polar surface area (TPSA) is 41.1 Å². The van der Waals surface area contributed by atoms with E-state index in [1.807, 2.05) is 6.92 Å². The minimum Gasteiger partial charge on any atom is -0.358 e. The summed E-state index contributed by atoms with van der Waals surface area (Å²) in [5.74, 6) is 3.95. The molecular weight excluding hydrogens is 212 g/mol. The smallest absolute Gasteiger partial charge is 0.236 e. The first kappa shape index (κ1) is 11.5. The van der Waals surface area contributed by atoms with Gasteiger partial charge in [-0.25, -0.2) is 0 Å². The Morgan fingerprint density at radius 2 is 1.94 bits per heavy atom. The lowest BCUT2D eigenvalue weighted by molar-refractivity contribution is -0.122. The molecule has 3 rings (SSSR count). The van der Waals surface area contributed by atoms with Crippen molar-refractivity contribution in [3.63, 3.8) is 0 Å². The van der Waals surface area contributed by atoms with Crippen LogP contribution in [0.5, 0.6) is 0 Å². The fraction of sp³-hybridized carbons (Fsp3) is 0.929. The lowest BCUT2D eigenvalue weighted by Gasteiger charge is -2.33. The van der Waals surface area contributed by atoms with Crippen molar-refractivity contribution in [3.05, 3.63) is 0 Å². The zero-order valence-electron chi connectivity index (χ0n) is 10.9. The molecule has 0 radical (unpaired) electrons. The molecule has 3 saturated carbocycles. The second kappa shape index (κ2) is 4.27. The summed E-state index contributed by atoms with van der Waals surface area (Å²) in [6.45, 7) is 1.98. The van der Waals surface area contributed by atoms with E-state index in [1.165, 1.54) is 32.1 Å². The number of fused-ring (bicyclic) bond motifs is 5. The van der Waals surface area contributed by atoms with Gasteiger partial charge in [-0.1, -0.05) is 6.42 Å². The number of carbonyl (C=O) groups excluding carboxylic acids is 1. The van der Waals surface area contributed by atoms with E-state index in [9.17, 15) is 4.79 Å². The third-order valence-corrected chi connectivity index (χ3v) is 5.53. The van der Waals surface area contributed by atoms with Gasteiger partial charge in [-0.2, -0.15) is 0 Å². The van der Waals surface area contributed by atoms with Gasteiger partial charge < -0.3 is 10.6 Å². The summed E-state index contributed by atoms with van der Waals surface area (Å²) in [5.41, 5.74) is 0. The van der Waals surface area contributed by atoms with E-state index in [2.05, 4.69) is 10.6 Å². The van der Waals surface area contributed by atoms with Crippen LogP contribution in [-0.4, -0.2) is 25.0 Å². The molecule has 6 unspecified atom stereocenters. The summed E-state index contributed by atoms with van der Waals surface area (Å²) in [5, 5.41) is 6.29. The van der Waals surface area contributed by atoms with Crippen LogP contribution in [-0.2, 0) is 4.79 Å². The van der Waals surface area contributed by atoms with E-state index in [0.717, 1.165) is 23.7 Å². The lowest BCUT2D eigenvalue weighted by atomic mass is 9.79. The summed E-state index contributed by atoms with van der Waals surface area (Å²) in [6.07, 6.45) is 7.10. The number of hydrogen-bond acceptors (Lipinski definition) is 2. The highest BCUT2D eigenvalue weighted by Gasteiger charge is 2.53. The van der Waals surface area contributed by atoms with Gasteiger partial charge in [0.2, 0.25) is 5.91 Å². The predicted octanol–water partition coefficient (Wildman–Crippen LogP) is 1.54. The molecule has 2 bridgehead atoms. The predicted molar refractivity (Wildman–Crippen MR) is 67.5 cm³/mol. The number of nitrogens with one attached hydrogen (secondary N) is 2. The number of likely N-dealkylation sites (N-methyl/N-ethyl adjacent to an activating group) is 1. The van der Waals surface area contributed by atoms with Gasteiger partial charge in [-0.05, 0) is 56.3 Å². The molecule has 17 heavy (non-hydrogen) atoms. The molecule has 0 aromatic carbocycles. The third kappa shape index (κ3) is 1.79. The molecule has 0 spiro atoms. The summed E-state index contributed by atoms with van der Waals surface area (Å²) >= 11 is 0. The van der Waals surface area contributed by atoms with E-state index < -0.39 is 0 Å². The lowest BCUT2D eigenvalue weighted by Crippen LogP contribution is -2.49. The molecule has 2 N–H and O–H groups in total. The normalized spacial score (nSPS) is 44.7. The molecule has 3 nitrogen and oxygen atoms in total. The first-order chi connectivity index (χ1) is 8.20. The van der Waals surface area contributed by atoms with Gasteiger partial charge in [0.05, 0.1) is 6.04 Å². The van der Waals surface area contributed by atoms with Crippen molar-refractivity contribution in [1.29, 1.82) is 0 Å². The summed E-state index contributed by atoms with van der Waals surface area (Å²) in [6, 6.07) is 0.566. The van der Waals surface area contributed by atoms with E-state index >= 15 is 0 Å². The molecular formula is C14H24N2O. The van der Waals surface area contributed by atoms with Crippen LogP contribution >= 0.6 is 0 Å². The maximum absolute atomic E-state index is 11.6. The molecule has 3 heteroatoms. The number of carbonyl (C=O) groups is 1. The van der Waals surface area contributed by atoms with Crippen LogP contribution in [0.1, 0.15) is 39.0 Å². The van der Waals surface area contributed by atoms with Gasteiger partial charge in [0, 0.05) is 13.1 Å². The van der Waals surface area contributed by atoms with E-state index in [0.29, 0.717) is 6.04 Å². The molecule has 96 valence electrons. The number of rotatable bonds is 3. The average Bonchev–Trinajstić information content (AvgIpc) is 2.98. The largest absolute Gasteiger partial charge is 0.358 e. The molecule has 1 amide bonds. The van der Waals surface area contributed by atoms with Crippen molar-refractivity contribution in [2.45, 2.75) is 51.1 Å². The van der Waals surface area contributed by atoms with Crippen molar-refractivity contribution < 1.29 is 4.79 Å². The zero-order chi connectivity index (χ0) is 12.0. The monoisotopic (exact) mass is 236 g/mol. The highest BCUT2D eigenvalue weighted by molar-refractivity contribution is 5.80. The molecule has 3 aliphatic rings. The maximum atomic E-state index is 11.6. The van der Waals surface area contributed by atoms with Crippen molar-refractivity contribution in [3.8, 4) is 0 Å². The third-order valence-electron chi connectivity index (χ3n) is 5.53. The molecule has 3 aliphatic carbocycles. The zero-order valence-corrected chi connectivity index (χ0v) is 10.9. The standard InChI is InChI=1S/C14H24N2O/c1-8(14(17)15-2)16-13-7-9-6-12(13)11-5-3-4-10(9)11/h8-13,16H,3-7H2,1-2H3,(H,15,17). The van der Waals surface area contributed by atoms with Gasteiger partial charge in [-0.15, -0.1) is 0 Å². The van der Waals surface area contributed by atoms with Gasteiger partial charge >= 0.3 is 0 Å². The quantitative estimate of drug-likeness (QED) is 0.780. The highest BCUT2D eigenvalue weighted by Crippen LogP contribution is 2.58. The summed E-state index contributed by atoms with van der Waals surface area (Å²) in [4.78, 5) is 11.6. The SMILES string of the molecule is CNC(=O)C(C)NC1CC2CC1C1CCCC21. The van der Waals surface area contributed by atoms with Crippen LogP contribution in [0.3, 0.4) is 0 Å². The average molecular weight is 236 g/mol. The second-order valence-corrected chi connectivity index (χ2v) is 6.26. The molecule has 6 atom stereocenters. The van der Waals surface area contributed by atoms with Crippen molar-refractivity contribution in [2.24, 2.45) is 23.7 Å². The molecule has 0 aliphatic heterocycles. The van der Waals surface area contributed by atoms with Crippen LogP contribution in [0.15, 0.2) is 0 Å². The van der Waals surface area contributed by atoms with Crippen molar-refractivity contribution in [1.82, 2.24) is 10.6 Å². The molecule has 0 heterocycles. The summed E-state index contributed by atoms with van der Waals surface area (Å²) < 4.78 is 0. The number of hydrogen-bond donors (Lipinski definition) is 2. The van der Waals surface area contributed by atoms with E-state index in [4.69, 9.17) is 0 Å². The Morgan fingerprint density at radius 1 is 1.18 bits per heavy atom. The Kier molecular flexibility index (Phi) is 2.89. The van der Waals surface area contributed by atoms with Crippen LogP contribution in [0.25, 0.3) is 0 Å². The highest BCUT2D eigenvalue weighted by atomic mass is 16.2. The van der Waals surface area contributed by atoms with E-state index in [-0.39, 0.29) is 11.9 Å². The van der Waals surface area contributed by atoms with Crippen molar-refractivity contribution in [2.75, 3.05) is 7.05 Å². The van der Waals surface area contributed by atoms with Crippen LogP contribution in [0, 0.1) is 23.7 Å². The van der Waals surface area contributed by atoms with Gasteiger partial charge in [0.25, 0.3) is 0 Å². The van der Waals surface area contributed by atoms with Crippen LogP contribution in [0.2, 0.25) is 0 Å². The maximum Gasteiger partial charge on any atom is 0.236 e. The van der Waals surface area contributed by atoms with E-state index in [1.54, 1.807) is 7.05 Å². The Balaban J connectivity index is 1.62. The van der Waals surface area contributed by atoms with Gasteiger partial charge in [-0.3, -0.25) is 4.79 Å². The van der Waals surface area contributed by atoms with Crippen molar-refractivity contribution >= 4 is 5.91 Å². The second-order valence-electron chi connectivity index (χ2n) is 6.26. The fourth-order valence-corrected chi connectivity index (χ4v) is 4.87. The molecule has 3 fully saturated rings. The minimum atomic E-state index is -0.0378. The summed E-state index contributed by atoms with van der Waals surface area (Å²) in [7, 11) is 1.72. The first-order valence-corrected chi connectivity index (χ1v) is 7.18. The molecule has 0 aromatic heterocycles.